The molecule has 1 N–H and O–H groups in total. The number of furan rings is 1. The van der Waals surface area contributed by atoms with Gasteiger partial charge >= 0.3 is 0 Å². The molecule has 0 saturated carbocycles. The summed E-state index contributed by atoms with van der Waals surface area (Å²) in [4.78, 5) is 16.8. The van der Waals surface area contributed by atoms with Gasteiger partial charge in [-0.2, -0.15) is 0 Å². The molecule has 0 fully saturated rings. The molecule has 2 aromatic heterocycles. The third kappa shape index (κ3) is 4.68. The van der Waals surface area contributed by atoms with Gasteiger partial charge in [0.05, 0.1) is 21.3 Å². The molecule has 2 heterocycles. The van der Waals surface area contributed by atoms with Crippen molar-refractivity contribution in [2.75, 3.05) is 26.6 Å². The van der Waals surface area contributed by atoms with Crippen LogP contribution in [0.1, 0.15) is 33.1 Å². The second-order valence-electron chi connectivity index (χ2n) is 6.58. The lowest BCUT2D eigenvalue weighted by atomic mass is 10.1. The number of anilines is 1. The quantitative estimate of drug-likeness (QED) is 0.646. The Morgan fingerprint density at radius 3 is 2.28 bits per heavy atom. The average molecular weight is 396 g/mol. The van der Waals surface area contributed by atoms with Crippen LogP contribution in [-0.2, 0) is 6.42 Å². The second kappa shape index (κ2) is 8.68. The van der Waals surface area contributed by atoms with E-state index in [1.165, 1.54) is 0 Å². The Bertz CT molecular complexity index is 981. The van der Waals surface area contributed by atoms with E-state index in [1.54, 1.807) is 45.6 Å². The van der Waals surface area contributed by atoms with Gasteiger partial charge in [-0.15, -0.1) is 0 Å². The van der Waals surface area contributed by atoms with Gasteiger partial charge in [0, 0.05) is 29.8 Å². The summed E-state index contributed by atoms with van der Waals surface area (Å²) in [6.45, 7) is 3.83. The van der Waals surface area contributed by atoms with Gasteiger partial charge in [0.15, 0.2) is 5.76 Å². The summed E-state index contributed by atoms with van der Waals surface area (Å²) < 4.78 is 22.0. The number of carbonyl (C=O) groups is 1. The van der Waals surface area contributed by atoms with E-state index < -0.39 is 0 Å². The van der Waals surface area contributed by atoms with Crippen LogP contribution in [0.5, 0.6) is 17.2 Å². The van der Waals surface area contributed by atoms with Crippen LogP contribution >= 0.6 is 0 Å². The number of hydrogen-bond donors (Lipinski definition) is 1. The number of methoxy groups -OCH3 is 3. The van der Waals surface area contributed by atoms with Crippen LogP contribution in [0, 0.1) is 13.8 Å². The Morgan fingerprint density at radius 1 is 1.00 bits per heavy atom. The molecular weight excluding hydrogens is 372 g/mol. The molecule has 0 bridgehead atoms. The molecule has 0 atom stereocenters. The predicted octanol–water partition coefficient (Wildman–Crippen LogP) is 4.16. The molecule has 0 aliphatic carbocycles. The Balaban J connectivity index is 1.81. The number of hydrogen-bond acceptors (Lipinski definition) is 6. The largest absolute Gasteiger partial charge is 0.496 e. The molecule has 29 heavy (non-hydrogen) atoms. The summed E-state index contributed by atoms with van der Waals surface area (Å²) in [5, 5.41) is 2.77. The Hall–Kier alpha value is -3.48. The minimum absolute atomic E-state index is 0.201. The Kier molecular flexibility index (Phi) is 6.07. The Morgan fingerprint density at radius 2 is 1.69 bits per heavy atom. The van der Waals surface area contributed by atoms with Crippen LogP contribution in [0.2, 0.25) is 0 Å². The fraction of sp³-hybridized carbons (Fsp3) is 0.273. The maximum Gasteiger partial charge on any atom is 0.292 e. The molecular formula is C22H24N2O5. The standard InChI is InChI=1S/C22H24N2O5/c1-13-8-14(2)23-21(9-13)24-22(25)18-7-6-15(29-18)10-17-19(27-4)11-16(26-3)12-20(17)28-5/h6-9,11-12H,10H2,1-5H3,(H,23,24,25). The lowest BCUT2D eigenvalue weighted by molar-refractivity contribution is 0.0994. The van der Waals surface area contributed by atoms with Crippen molar-refractivity contribution in [3.8, 4) is 17.2 Å². The van der Waals surface area contributed by atoms with Crippen LogP contribution < -0.4 is 19.5 Å². The van der Waals surface area contributed by atoms with Gasteiger partial charge in [-0.3, -0.25) is 4.79 Å². The minimum atomic E-state index is -0.359. The summed E-state index contributed by atoms with van der Waals surface area (Å²) in [7, 11) is 4.74. The fourth-order valence-corrected chi connectivity index (χ4v) is 3.10. The van der Waals surface area contributed by atoms with Crippen LogP contribution in [0.3, 0.4) is 0 Å². The zero-order valence-electron chi connectivity index (χ0n) is 17.2. The van der Waals surface area contributed by atoms with E-state index >= 15 is 0 Å². The molecule has 0 aliphatic heterocycles. The number of benzene rings is 1. The predicted molar refractivity (Wildman–Crippen MR) is 109 cm³/mol. The molecule has 1 aromatic carbocycles. The van der Waals surface area contributed by atoms with Crippen molar-refractivity contribution in [2.24, 2.45) is 0 Å². The molecule has 152 valence electrons. The summed E-state index contributed by atoms with van der Waals surface area (Å²) in [6, 6.07) is 10.7. The normalized spacial score (nSPS) is 10.5. The van der Waals surface area contributed by atoms with Gasteiger partial charge in [0.25, 0.3) is 5.91 Å². The van der Waals surface area contributed by atoms with E-state index in [0.29, 0.717) is 35.2 Å². The summed E-state index contributed by atoms with van der Waals surface area (Å²) in [5.41, 5.74) is 2.65. The monoisotopic (exact) mass is 396 g/mol. The van der Waals surface area contributed by atoms with Gasteiger partial charge in [-0.05, 0) is 43.7 Å². The molecule has 0 radical (unpaired) electrons. The van der Waals surface area contributed by atoms with Gasteiger partial charge in [0.2, 0.25) is 0 Å². The van der Waals surface area contributed by atoms with Crippen LogP contribution in [-0.4, -0.2) is 32.2 Å². The van der Waals surface area contributed by atoms with Crippen molar-refractivity contribution >= 4 is 11.7 Å². The van der Waals surface area contributed by atoms with Crippen molar-refractivity contribution in [1.82, 2.24) is 4.98 Å². The lowest BCUT2D eigenvalue weighted by Gasteiger charge is -2.14. The first-order valence-electron chi connectivity index (χ1n) is 9.07. The lowest BCUT2D eigenvalue weighted by Crippen LogP contribution is -2.12. The van der Waals surface area contributed by atoms with Gasteiger partial charge in [0.1, 0.15) is 28.8 Å². The highest BCUT2D eigenvalue weighted by atomic mass is 16.5. The van der Waals surface area contributed by atoms with Crippen molar-refractivity contribution in [3.63, 3.8) is 0 Å². The van der Waals surface area contributed by atoms with Crippen molar-refractivity contribution in [1.29, 1.82) is 0 Å². The number of nitrogens with one attached hydrogen (secondary N) is 1. The highest BCUT2D eigenvalue weighted by Gasteiger charge is 2.18. The molecule has 0 aliphatic rings. The SMILES string of the molecule is COc1cc(OC)c(Cc2ccc(C(=O)Nc3cc(C)cc(C)n3)o2)c(OC)c1. The first-order valence-corrected chi connectivity index (χ1v) is 9.07. The molecule has 3 rings (SSSR count). The highest BCUT2D eigenvalue weighted by molar-refractivity contribution is 6.01. The first kappa shape index (κ1) is 20.3. The summed E-state index contributed by atoms with van der Waals surface area (Å²) in [6.07, 6.45) is 0.394. The summed E-state index contributed by atoms with van der Waals surface area (Å²) in [5.74, 6) is 2.79. The fourth-order valence-electron chi connectivity index (χ4n) is 3.10. The summed E-state index contributed by atoms with van der Waals surface area (Å²) >= 11 is 0. The third-order valence-corrected chi connectivity index (χ3v) is 4.39. The molecule has 0 unspecified atom stereocenters. The number of aryl methyl sites for hydroxylation is 2. The molecule has 7 nitrogen and oxygen atoms in total. The van der Waals surface area contributed by atoms with Gasteiger partial charge in [-0.1, -0.05) is 0 Å². The van der Waals surface area contributed by atoms with Crippen molar-refractivity contribution < 1.29 is 23.4 Å². The van der Waals surface area contributed by atoms with Gasteiger partial charge < -0.3 is 23.9 Å². The second-order valence-corrected chi connectivity index (χ2v) is 6.58. The van der Waals surface area contributed by atoms with E-state index in [0.717, 1.165) is 16.8 Å². The number of aromatic nitrogens is 1. The van der Waals surface area contributed by atoms with Crippen molar-refractivity contribution in [2.45, 2.75) is 20.3 Å². The number of nitrogens with zero attached hydrogens (tertiary/aromatic N) is 1. The number of carbonyl (C=O) groups excluding carboxylic acids is 1. The molecule has 0 saturated heterocycles. The maximum absolute atomic E-state index is 12.5. The zero-order chi connectivity index (χ0) is 21.0. The number of ether oxygens (including phenoxy) is 3. The van der Waals surface area contributed by atoms with Gasteiger partial charge in [-0.25, -0.2) is 4.98 Å². The molecule has 7 heteroatoms. The van der Waals surface area contributed by atoms with Crippen LogP contribution in [0.15, 0.2) is 40.8 Å². The first-order chi connectivity index (χ1) is 13.9. The third-order valence-electron chi connectivity index (χ3n) is 4.39. The van der Waals surface area contributed by atoms with E-state index in [-0.39, 0.29) is 11.7 Å². The zero-order valence-corrected chi connectivity index (χ0v) is 17.2. The smallest absolute Gasteiger partial charge is 0.292 e. The Labute approximate surface area is 169 Å². The highest BCUT2D eigenvalue weighted by Crippen LogP contribution is 2.35. The van der Waals surface area contributed by atoms with E-state index in [1.807, 2.05) is 26.0 Å². The molecule has 1 amide bonds. The number of pyridine rings is 1. The van der Waals surface area contributed by atoms with E-state index in [2.05, 4.69) is 10.3 Å². The molecule has 3 aromatic rings. The van der Waals surface area contributed by atoms with Crippen LogP contribution in [0.4, 0.5) is 5.82 Å². The minimum Gasteiger partial charge on any atom is -0.496 e. The number of amides is 1. The average Bonchev–Trinajstić information content (AvgIpc) is 3.16. The molecule has 0 spiro atoms. The topological polar surface area (TPSA) is 82.8 Å². The van der Waals surface area contributed by atoms with E-state index in [9.17, 15) is 4.79 Å². The maximum atomic E-state index is 12.5. The number of rotatable bonds is 7. The van der Waals surface area contributed by atoms with Crippen LogP contribution in [0.25, 0.3) is 0 Å². The van der Waals surface area contributed by atoms with Crippen molar-refractivity contribution in [3.05, 3.63) is 64.7 Å². The van der Waals surface area contributed by atoms with E-state index in [4.69, 9.17) is 18.6 Å².